The molecular weight excluding hydrogens is 252 g/mol. The number of benzene rings is 1. The van der Waals surface area contributed by atoms with Crippen LogP contribution in [-0.2, 0) is 4.79 Å². The predicted octanol–water partition coefficient (Wildman–Crippen LogP) is 3.44. The molecule has 0 N–H and O–H groups in total. The third-order valence-electron chi connectivity index (χ3n) is 3.01. The monoisotopic (exact) mass is 274 g/mol. The highest BCUT2D eigenvalue weighted by atomic mass is 16.2. The van der Waals surface area contributed by atoms with E-state index in [-0.39, 0.29) is 11.7 Å². The van der Waals surface area contributed by atoms with Crippen molar-refractivity contribution in [3.63, 3.8) is 0 Å². The van der Waals surface area contributed by atoms with Gasteiger partial charge in [0.05, 0.1) is 5.69 Å². The maximum atomic E-state index is 12.0. The summed E-state index contributed by atoms with van der Waals surface area (Å²) in [5, 5.41) is 0. The summed E-state index contributed by atoms with van der Waals surface area (Å²) in [6.45, 7) is 7.29. The highest BCUT2D eigenvalue weighted by Gasteiger charge is 2.14. The fraction of sp³-hybridized carbons (Fsp3) is 0.438. The van der Waals surface area contributed by atoms with Gasteiger partial charge in [0.2, 0.25) is 5.91 Å². The Morgan fingerprint density at radius 2 is 1.80 bits per heavy atom. The molecule has 1 aromatic carbocycles. The minimum absolute atomic E-state index is 0.0292. The van der Waals surface area contributed by atoms with Crippen molar-refractivity contribution in [1.82, 2.24) is 4.90 Å². The molecule has 1 aromatic rings. The van der Waals surface area contributed by atoms with E-state index in [1.54, 1.807) is 32.2 Å². The van der Waals surface area contributed by atoms with E-state index in [1.165, 1.54) is 11.8 Å². The summed E-state index contributed by atoms with van der Waals surface area (Å²) < 4.78 is 0. The van der Waals surface area contributed by atoms with Crippen LogP contribution in [0.2, 0.25) is 0 Å². The Bertz CT molecular complexity index is 533. The van der Waals surface area contributed by atoms with E-state index in [9.17, 15) is 9.59 Å². The Hall–Kier alpha value is -1.97. The van der Waals surface area contributed by atoms with Crippen LogP contribution in [0.15, 0.2) is 29.3 Å². The van der Waals surface area contributed by atoms with Gasteiger partial charge in [0, 0.05) is 19.0 Å². The molecule has 0 aliphatic carbocycles. The number of amides is 1. The van der Waals surface area contributed by atoms with Crippen molar-refractivity contribution in [1.29, 1.82) is 0 Å². The number of carbonyl (C=O) groups excluding carboxylic acids is 2. The summed E-state index contributed by atoms with van der Waals surface area (Å²) in [7, 11) is 1.71. The summed E-state index contributed by atoms with van der Waals surface area (Å²) in [5.41, 5.74) is 1.17. The molecule has 0 saturated carbocycles. The molecule has 0 heterocycles. The van der Waals surface area contributed by atoms with Gasteiger partial charge in [-0.1, -0.05) is 26.0 Å². The fourth-order valence-electron chi connectivity index (χ4n) is 1.78. The fourth-order valence-corrected chi connectivity index (χ4v) is 1.78. The lowest BCUT2D eigenvalue weighted by Crippen LogP contribution is -2.32. The van der Waals surface area contributed by atoms with Crippen molar-refractivity contribution in [2.75, 3.05) is 7.05 Å². The minimum Gasteiger partial charge on any atom is -0.304 e. The number of rotatable bonds is 4. The van der Waals surface area contributed by atoms with Crippen LogP contribution in [0.1, 0.15) is 44.5 Å². The van der Waals surface area contributed by atoms with E-state index in [2.05, 4.69) is 4.99 Å². The maximum Gasteiger partial charge on any atom is 0.227 e. The van der Waals surface area contributed by atoms with Gasteiger partial charge in [-0.3, -0.25) is 9.59 Å². The Morgan fingerprint density at radius 1 is 1.20 bits per heavy atom. The van der Waals surface area contributed by atoms with Gasteiger partial charge in [0.15, 0.2) is 5.78 Å². The molecule has 0 spiro atoms. The van der Waals surface area contributed by atoms with Gasteiger partial charge >= 0.3 is 0 Å². The van der Waals surface area contributed by atoms with Gasteiger partial charge < -0.3 is 4.90 Å². The van der Waals surface area contributed by atoms with Crippen molar-refractivity contribution in [3.8, 4) is 0 Å². The zero-order chi connectivity index (χ0) is 15.3. The molecule has 0 aromatic heterocycles. The Labute approximate surface area is 120 Å². The second kappa shape index (κ2) is 6.98. The van der Waals surface area contributed by atoms with Crippen molar-refractivity contribution in [2.24, 2.45) is 10.9 Å². The number of hydrogen-bond acceptors (Lipinski definition) is 3. The molecule has 0 bridgehead atoms. The van der Waals surface area contributed by atoms with Crippen molar-refractivity contribution < 1.29 is 9.59 Å². The standard InChI is InChI=1S/C16H22N2O2/c1-11(2)10-16(20)18(5)13(4)17-15-9-7-6-8-14(15)12(3)19/h6-9,11H,10H2,1-5H3. The molecule has 108 valence electrons. The smallest absolute Gasteiger partial charge is 0.227 e. The molecule has 0 unspecified atom stereocenters. The number of aliphatic imine (C=N–C) groups is 1. The molecule has 0 fully saturated rings. The second-order valence-corrected chi connectivity index (χ2v) is 5.28. The van der Waals surface area contributed by atoms with E-state index in [4.69, 9.17) is 0 Å². The van der Waals surface area contributed by atoms with Crippen molar-refractivity contribution >= 4 is 23.2 Å². The first kappa shape index (κ1) is 16.1. The lowest BCUT2D eigenvalue weighted by atomic mass is 10.1. The number of amidine groups is 1. The SMILES string of the molecule is CC(=O)c1ccccc1N=C(C)N(C)C(=O)CC(C)C. The molecule has 0 aliphatic heterocycles. The van der Waals surface area contributed by atoms with Crippen LogP contribution in [0.25, 0.3) is 0 Å². The molecule has 0 atom stereocenters. The van der Waals surface area contributed by atoms with E-state index in [0.29, 0.717) is 29.4 Å². The van der Waals surface area contributed by atoms with E-state index in [0.717, 1.165) is 0 Å². The molecule has 0 aliphatic rings. The molecule has 4 nitrogen and oxygen atoms in total. The number of para-hydroxylation sites is 1. The molecule has 20 heavy (non-hydrogen) atoms. The lowest BCUT2D eigenvalue weighted by Gasteiger charge is -2.18. The first-order chi connectivity index (χ1) is 9.32. The summed E-state index contributed by atoms with van der Waals surface area (Å²) in [4.78, 5) is 29.5. The lowest BCUT2D eigenvalue weighted by molar-refractivity contribution is -0.127. The summed E-state index contributed by atoms with van der Waals surface area (Å²) in [6.07, 6.45) is 0.484. The van der Waals surface area contributed by atoms with Crippen LogP contribution < -0.4 is 0 Å². The van der Waals surface area contributed by atoms with Crippen LogP contribution >= 0.6 is 0 Å². The quantitative estimate of drug-likeness (QED) is 0.479. The summed E-state index contributed by atoms with van der Waals surface area (Å²) in [5.74, 6) is 0.890. The normalized spacial score (nSPS) is 11.6. The zero-order valence-electron chi connectivity index (χ0n) is 12.8. The third-order valence-corrected chi connectivity index (χ3v) is 3.01. The topological polar surface area (TPSA) is 49.7 Å². The zero-order valence-corrected chi connectivity index (χ0v) is 12.8. The van der Waals surface area contributed by atoms with Crippen LogP contribution in [0.5, 0.6) is 0 Å². The third kappa shape index (κ3) is 4.30. The Morgan fingerprint density at radius 3 is 2.35 bits per heavy atom. The maximum absolute atomic E-state index is 12.0. The van der Waals surface area contributed by atoms with Gasteiger partial charge in [-0.05, 0) is 31.9 Å². The van der Waals surface area contributed by atoms with Gasteiger partial charge in [-0.25, -0.2) is 4.99 Å². The van der Waals surface area contributed by atoms with E-state index >= 15 is 0 Å². The van der Waals surface area contributed by atoms with E-state index < -0.39 is 0 Å². The summed E-state index contributed by atoms with van der Waals surface area (Å²) >= 11 is 0. The predicted molar refractivity (Wildman–Crippen MR) is 81.4 cm³/mol. The highest BCUT2D eigenvalue weighted by Crippen LogP contribution is 2.20. The Balaban J connectivity index is 2.99. The molecule has 0 radical (unpaired) electrons. The molecule has 1 amide bonds. The highest BCUT2D eigenvalue weighted by molar-refractivity contribution is 6.02. The van der Waals surface area contributed by atoms with Crippen molar-refractivity contribution in [2.45, 2.75) is 34.1 Å². The number of ketones is 1. The molecule has 0 saturated heterocycles. The number of nitrogens with zero attached hydrogens (tertiary/aromatic N) is 2. The van der Waals surface area contributed by atoms with Crippen LogP contribution in [-0.4, -0.2) is 29.5 Å². The number of Topliss-reactive ketones (excluding diaryl/α,β-unsaturated/α-hetero) is 1. The first-order valence-corrected chi connectivity index (χ1v) is 6.74. The minimum atomic E-state index is -0.0340. The molecular formula is C16H22N2O2. The molecule has 4 heteroatoms. The van der Waals surface area contributed by atoms with Crippen LogP contribution in [0.4, 0.5) is 5.69 Å². The summed E-state index contributed by atoms with van der Waals surface area (Å²) in [6, 6.07) is 7.15. The average molecular weight is 274 g/mol. The number of hydrogen-bond donors (Lipinski definition) is 0. The largest absolute Gasteiger partial charge is 0.304 e. The van der Waals surface area contributed by atoms with Crippen LogP contribution in [0.3, 0.4) is 0 Å². The van der Waals surface area contributed by atoms with Crippen molar-refractivity contribution in [3.05, 3.63) is 29.8 Å². The second-order valence-electron chi connectivity index (χ2n) is 5.28. The molecule has 1 rings (SSSR count). The first-order valence-electron chi connectivity index (χ1n) is 6.74. The van der Waals surface area contributed by atoms with E-state index in [1.807, 2.05) is 19.9 Å². The Kier molecular flexibility index (Phi) is 5.62. The van der Waals surface area contributed by atoms with Crippen LogP contribution in [0, 0.1) is 5.92 Å². The van der Waals surface area contributed by atoms with Gasteiger partial charge in [-0.15, -0.1) is 0 Å². The van der Waals surface area contributed by atoms with Gasteiger partial charge in [0.25, 0.3) is 0 Å². The van der Waals surface area contributed by atoms with Gasteiger partial charge in [-0.2, -0.15) is 0 Å². The van der Waals surface area contributed by atoms with Gasteiger partial charge in [0.1, 0.15) is 5.84 Å². The number of carbonyl (C=O) groups is 2. The average Bonchev–Trinajstić information content (AvgIpc) is 2.37.